The molecule has 17 nitrogen and oxygen atoms in total. The first-order chi connectivity index (χ1) is 13.6. The molecule has 2 heterocycles. The van der Waals surface area contributed by atoms with Crippen LogP contribution in [-0.2, 0) is 31.6 Å². The van der Waals surface area contributed by atoms with Crippen LogP contribution in [0.25, 0.3) is 0 Å². The van der Waals surface area contributed by atoms with Gasteiger partial charge in [0, 0.05) is 12.1 Å². The van der Waals surface area contributed by atoms with Crippen molar-refractivity contribution in [3.63, 3.8) is 0 Å². The minimum absolute atomic E-state index is 0.105. The van der Waals surface area contributed by atoms with Crippen LogP contribution in [0, 0.1) is 5.92 Å². The molecule has 2 rings (SSSR count). The van der Waals surface area contributed by atoms with Crippen molar-refractivity contribution in [2.75, 3.05) is 18.9 Å². The van der Waals surface area contributed by atoms with Crippen molar-refractivity contribution >= 4 is 29.3 Å². The smallest absolute Gasteiger partial charge is 0.396 e. The SMILES string of the molecule is Nc1ccn(C2OC(COP(=O)(O)OP(=O)(O)OP(=O)(O)O)C(CO)C2O)c(=O)n1. The minimum Gasteiger partial charge on any atom is -0.396 e. The average Bonchev–Trinajstić information content (AvgIpc) is 2.85. The van der Waals surface area contributed by atoms with Crippen LogP contribution in [0.15, 0.2) is 17.1 Å². The summed E-state index contributed by atoms with van der Waals surface area (Å²) in [6.45, 7) is -1.64. The third-order valence-electron chi connectivity index (χ3n) is 3.68. The Morgan fingerprint density at radius 3 is 2.33 bits per heavy atom. The molecule has 0 amide bonds. The van der Waals surface area contributed by atoms with Crippen molar-refractivity contribution < 1.29 is 61.4 Å². The summed E-state index contributed by atoms with van der Waals surface area (Å²) < 4.78 is 51.4. The summed E-state index contributed by atoms with van der Waals surface area (Å²) in [5.41, 5.74) is 4.46. The molecule has 1 aromatic rings. The van der Waals surface area contributed by atoms with Crippen LogP contribution in [0.3, 0.4) is 0 Å². The van der Waals surface area contributed by atoms with Gasteiger partial charge in [-0.3, -0.25) is 9.09 Å². The number of hydrogen-bond acceptors (Lipinski definition) is 12. The van der Waals surface area contributed by atoms with Gasteiger partial charge in [0.05, 0.1) is 19.3 Å². The fourth-order valence-electron chi connectivity index (χ4n) is 2.50. The van der Waals surface area contributed by atoms with Crippen LogP contribution in [0.4, 0.5) is 5.82 Å². The molecule has 0 spiro atoms. The number of nitrogen functional groups attached to an aromatic ring is 1. The number of aliphatic hydroxyl groups excluding tert-OH is 2. The second kappa shape index (κ2) is 9.22. The third kappa shape index (κ3) is 6.73. The maximum absolute atomic E-state index is 11.9. The van der Waals surface area contributed by atoms with E-state index in [1.165, 1.54) is 6.07 Å². The summed E-state index contributed by atoms with van der Waals surface area (Å²) in [5, 5.41) is 19.8. The Balaban J connectivity index is 2.10. The van der Waals surface area contributed by atoms with Crippen molar-refractivity contribution in [1.29, 1.82) is 0 Å². The number of phosphoric acid groups is 3. The molecule has 20 heteroatoms. The molecule has 8 N–H and O–H groups in total. The molecule has 1 aliphatic rings. The van der Waals surface area contributed by atoms with Gasteiger partial charge in [-0.05, 0) is 6.07 Å². The molecule has 0 aliphatic carbocycles. The average molecular weight is 497 g/mol. The summed E-state index contributed by atoms with van der Waals surface area (Å²) in [6, 6.07) is 1.23. The molecule has 6 unspecified atom stereocenters. The zero-order chi connectivity index (χ0) is 22.9. The quantitative estimate of drug-likeness (QED) is 0.182. The highest BCUT2D eigenvalue weighted by atomic mass is 31.3. The normalized spacial score (nSPS) is 28.7. The zero-order valence-electron chi connectivity index (χ0n) is 14.6. The first-order valence-electron chi connectivity index (χ1n) is 7.71. The Morgan fingerprint density at radius 1 is 1.17 bits per heavy atom. The van der Waals surface area contributed by atoms with Gasteiger partial charge < -0.3 is 40.3 Å². The van der Waals surface area contributed by atoms with Gasteiger partial charge >= 0.3 is 29.2 Å². The largest absolute Gasteiger partial charge is 0.490 e. The Hall–Kier alpha value is -1.03. The minimum atomic E-state index is -5.71. The van der Waals surface area contributed by atoms with E-state index in [4.69, 9.17) is 25.2 Å². The van der Waals surface area contributed by atoms with E-state index >= 15 is 0 Å². The maximum atomic E-state index is 11.9. The van der Waals surface area contributed by atoms with Gasteiger partial charge in [0.25, 0.3) is 0 Å². The summed E-state index contributed by atoms with van der Waals surface area (Å²) in [5.74, 6) is -1.25. The Morgan fingerprint density at radius 2 is 1.80 bits per heavy atom. The van der Waals surface area contributed by atoms with Crippen molar-refractivity contribution in [3.05, 3.63) is 22.7 Å². The predicted molar refractivity (Wildman–Crippen MR) is 93.2 cm³/mol. The van der Waals surface area contributed by atoms with Crippen LogP contribution in [0.2, 0.25) is 0 Å². The highest BCUT2D eigenvalue weighted by Crippen LogP contribution is 2.66. The number of nitrogens with two attached hydrogens (primary N) is 1. The molecule has 6 atom stereocenters. The van der Waals surface area contributed by atoms with Crippen molar-refractivity contribution in [3.8, 4) is 0 Å². The molecule has 0 bridgehead atoms. The molecule has 1 aliphatic heterocycles. The molecule has 30 heavy (non-hydrogen) atoms. The van der Waals surface area contributed by atoms with Crippen molar-refractivity contribution in [2.24, 2.45) is 5.92 Å². The van der Waals surface area contributed by atoms with Gasteiger partial charge in [0.2, 0.25) is 0 Å². The monoisotopic (exact) mass is 497 g/mol. The number of phosphoric ester groups is 1. The third-order valence-corrected chi connectivity index (χ3v) is 7.48. The number of hydrogen-bond donors (Lipinski definition) is 7. The van der Waals surface area contributed by atoms with Crippen LogP contribution in [0.5, 0.6) is 0 Å². The lowest BCUT2D eigenvalue weighted by Gasteiger charge is -2.20. The summed E-state index contributed by atoms with van der Waals surface area (Å²) in [7, 11) is -16.7. The van der Waals surface area contributed by atoms with E-state index in [-0.39, 0.29) is 5.82 Å². The second-order valence-electron chi connectivity index (χ2n) is 5.83. The van der Waals surface area contributed by atoms with E-state index in [1.807, 2.05) is 0 Å². The highest BCUT2D eigenvalue weighted by Gasteiger charge is 2.47. The molecule has 0 saturated carbocycles. The predicted octanol–water partition coefficient (Wildman–Crippen LogP) is -1.96. The topological polar surface area (TPSA) is 270 Å². The fourth-order valence-corrected chi connectivity index (χ4v) is 5.53. The fraction of sp³-hybridized carbons (Fsp3) is 0.600. The van der Waals surface area contributed by atoms with Gasteiger partial charge in [-0.15, -0.1) is 0 Å². The molecular weight excluding hydrogens is 479 g/mol. The van der Waals surface area contributed by atoms with Gasteiger partial charge in [-0.25, -0.2) is 18.5 Å². The highest BCUT2D eigenvalue weighted by molar-refractivity contribution is 7.66. The summed E-state index contributed by atoms with van der Waals surface area (Å²) in [6.07, 6.45) is -3.08. The lowest BCUT2D eigenvalue weighted by atomic mass is 9.99. The van der Waals surface area contributed by atoms with E-state index in [9.17, 15) is 33.6 Å². The second-order valence-corrected chi connectivity index (χ2v) is 10.3. The molecule has 1 saturated heterocycles. The Labute approximate surface area is 167 Å². The van der Waals surface area contributed by atoms with Crippen LogP contribution < -0.4 is 11.4 Å². The number of ether oxygens (including phenoxy) is 1. The summed E-state index contributed by atoms with van der Waals surface area (Å²) >= 11 is 0. The number of rotatable bonds is 9. The molecule has 1 aromatic heterocycles. The van der Waals surface area contributed by atoms with Gasteiger partial charge in [-0.2, -0.15) is 13.6 Å². The zero-order valence-corrected chi connectivity index (χ0v) is 17.3. The van der Waals surface area contributed by atoms with Gasteiger partial charge in [-0.1, -0.05) is 0 Å². The molecule has 1 fully saturated rings. The molecule has 0 radical (unpaired) electrons. The van der Waals surface area contributed by atoms with Crippen molar-refractivity contribution in [2.45, 2.75) is 18.4 Å². The molecule has 0 aromatic carbocycles. The van der Waals surface area contributed by atoms with E-state index in [0.29, 0.717) is 0 Å². The van der Waals surface area contributed by atoms with Crippen molar-refractivity contribution in [1.82, 2.24) is 9.55 Å². The van der Waals surface area contributed by atoms with Crippen LogP contribution in [0.1, 0.15) is 6.23 Å². The Bertz CT molecular complexity index is 963. The summed E-state index contributed by atoms with van der Waals surface area (Å²) in [4.78, 5) is 50.9. The number of nitrogens with zero attached hydrogens (tertiary/aromatic N) is 2. The van der Waals surface area contributed by atoms with E-state index in [2.05, 4.69) is 18.1 Å². The van der Waals surface area contributed by atoms with Gasteiger partial charge in [0.1, 0.15) is 11.9 Å². The van der Waals surface area contributed by atoms with E-state index in [1.54, 1.807) is 0 Å². The lowest BCUT2D eigenvalue weighted by molar-refractivity contribution is -0.0531. The standard InChI is InChI=1S/C10H18N3O14P3/c11-7-1-2-13(10(16)12-7)9-8(15)5(3-14)6(25-9)4-24-29(20,21)27-30(22,23)26-28(17,18)19/h1-2,5-6,8-9,14-15H,3-4H2,(H,20,21)(H,22,23)(H2,11,12,16)(H2,17,18,19). The van der Waals surface area contributed by atoms with E-state index < -0.39 is 66.7 Å². The lowest BCUT2D eigenvalue weighted by Crippen LogP contribution is -2.34. The Kier molecular flexibility index (Phi) is 7.76. The van der Waals surface area contributed by atoms with Crippen LogP contribution in [-0.4, -0.2) is 64.8 Å². The maximum Gasteiger partial charge on any atom is 0.490 e. The number of aromatic nitrogens is 2. The molecular formula is C10H18N3O14P3. The van der Waals surface area contributed by atoms with Gasteiger partial charge in [0.15, 0.2) is 6.23 Å². The number of anilines is 1. The first kappa shape index (κ1) is 25.2. The first-order valence-corrected chi connectivity index (χ1v) is 12.2. The number of aliphatic hydroxyl groups is 2. The van der Waals surface area contributed by atoms with E-state index in [0.717, 1.165) is 10.8 Å². The van der Waals surface area contributed by atoms with Crippen LogP contribution >= 0.6 is 23.5 Å². The molecule has 172 valence electrons.